The molecule has 0 saturated heterocycles. The van der Waals surface area contributed by atoms with E-state index in [1.165, 1.54) is 24.0 Å². The second-order valence-corrected chi connectivity index (χ2v) is 5.56. The van der Waals surface area contributed by atoms with Gasteiger partial charge in [0.2, 0.25) is 0 Å². The quantitative estimate of drug-likeness (QED) is 0.795. The number of hydrogen-bond donors (Lipinski definition) is 1. The molecule has 2 rings (SSSR count). The second-order valence-electron chi connectivity index (χ2n) is 5.56. The van der Waals surface area contributed by atoms with Gasteiger partial charge in [0.1, 0.15) is 0 Å². The highest BCUT2D eigenvalue weighted by atomic mass is 14.9. The number of nitrogens with one attached hydrogen (secondary N) is 1. The van der Waals surface area contributed by atoms with Gasteiger partial charge in [-0.05, 0) is 29.4 Å². The number of hydrogen-bond acceptors (Lipinski definition) is 1. The predicted molar refractivity (Wildman–Crippen MR) is 65.0 cm³/mol. The minimum atomic E-state index is 0.252. The Morgan fingerprint density at radius 2 is 1.87 bits per heavy atom. The van der Waals surface area contributed by atoms with Crippen LogP contribution in [0.25, 0.3) is 0 Å². The zero-order chi connectivity index (χ0) is 10.9. The smallest absolute Gasteiger partial charge is 0.0211 e. The summed E-state index contributed by atoms with van der Waals surface area (Å²) in [6.45, 7) is 7.87. The molecule has 1 heteroatoms. The SMILES string of the molecule is CC(C)(C)c1ccccc1CNC1CC1. The Morgan fingerprint density at radius 3 is 2.47 bits per heavy atom. The third-order valence-electron chi connectivity index (χ3n) is 2.98. The van der Waals surface area contributed by atoms with Crippen LogP contribution in [0.4, 0.5) is 0 Å². The monoisotopic (exact) mass is 203 g/mol. The molecule has 0 aromatic heterocycles. The zero-order valence-corrected chi connectivity index (χ0v) is 10.0. The number of rotatable bonds is 3. The van der Waals surface area contributed by atoms with Gasteiger partial charge in [-0.25, -0.2) is 0 Å². The van der Waals surface area contributed by atoms with Gasteiger partial charge < -0.3 is 5.32 Å². The summed E-state index contributed by atoms with van der Waals surface area (Å²) < 4.78 is 0. The van der Waals surface area contributed by atoms with E-state index in [0.717, 1.165) is 12.6 Å². The summed E-state index contributed by atoms with van der Waals surface area (Å²) in [6, 6.07) is 9.57. The van der Waals surface area contributed by atoms with E-state index in [1.807, 2.05) is 0 Å². The summed E-state index contributed by atoms with van der Waals surface area (Å²) in [6.07, 6.45) is 2.72. The van der Waals surface area contributed by atoms with Crippen LogP contribution in [-0.4, -0.2) is 6.04 Å². The third kappa shape index (κ3) is 2.82. The van der Waals surface area contributed by atoms with E-state index in [1.54, 1.807) is 0 Å². The lowest BCUT2D eigenvalue weighted by molar-refractivity contribution is 0.572. The zero-order valence-electron chi connectivity index (χ0n) is 10.0. The molecule has 0 unspecified atom stereocenters. The lowest BCUT2D eigenvalue weighted by atomic mass is 9.84. The van der Waals surface area contributed by atoms with Crippen LogP contribution in [0.1, 0.15) is 44.7 Å². The molecule has 0 atom stereocenters. The fraction of sp³-hybridized carbons (Fsp3) is 0.571. The van der Waals surface area contributed by atoms with Crippen molar-refractivity contribution < 1.29 is 0 Å². The molecule has 1 aliphatic carbocycles. The van der Waals surface area contributed by atoms with Crippen LogP contribution in [0.3, 0.4) is 0 Å². The summed E-state index contributed by atoms with van der Waals surface area (Å²) >= 11 is 0. The van der Waals surface area contributed by atoms with Gasteiger partial charge in [0, 0.05) is 12.6 Å². The molecule has 1 nitrogen and oxygen atoms in total. The molecule has 1 aromatic rings. The predicted octanol–water partition coefficient (Wildman–Crippen LogP) is 3.24. The summed E-state index contributed by atoms with van der Waals surface area (Å²) in [5.74, 6) is 0. The molecule has 0 amide bonds. The first-order chi connectivity index (χ1) is 7.07. The Hall–Kier alpha value is -0.820. The molecule has 1 aromatic carbocycles. The highest BCUT2D eigenvalue weighted by Gasteiger charge is 2.22. The van der Waals surface area contributed by atoms with Crippen molar-refractivity contribution in [3.63, 3.8) is 0 Å². The molecular formula is C14H21N. The molecule has 0 radical (unpaired) electrons. The maximum absolute atomic E-state index is 3.59. The minimum Gasteiger partial charge on any atom is -0.310 e. The first-order valence-electron chi connectivity index (χ1n) is 5.89. The van der Waals surface area contributed by atoms with E-state index in [0.29, 0.717) is 0 Å². The first-order valence-corrected chi connectivity index (χ1v) is 5.89. The minimum absolute atomic E-state index is 0.252. The summed E-state index contributed by atoms with van der Waals surface area (Å²) in [4.78, 5) is 0. The Balaban J connectivity index is 2.13. The van der Waals surface area contributed by atoms with Crippen molar-refractivity contribution in [3.8, 4) is 0 Å². The van der Waals surface area contributed by atoms with Gasteiger partial charge in [-0.2, -0.15) is 0 Å². The molecule has 1 saturated carbocycles. The van der Waals surface area contributed by atoms with Crippen LogP contribution in [0.15, 0.2) is 24.3 Å². The standard InChI is InChI=1S/C14H21N/c1-14(2,3)13-7-5-4-6-11(13)10-15-12-8-9-12/h4-7,12,15H,8-10H2,1-3H3. The largest absolute Gasteiger partial charge is 0.310 e. The van der Waals surface area contributed by atoms with Gasteiger partial charge in [0.25, 0.3) is 0 Å². The van der Waals surface area contributed by atoms with Gasteiger partial charge in [-0.3, -0.25) is 0 Å². The van der Waals surface area contributed by atoms with Crippen LogP contribution in [0, 0.1) is 0 Å². The Bertz CT molecular complexity index is 331. The van der Waals surface area contributed by atoms with Crippen molar-refractivity contribution >= 4 is 0 Å². The molecule has 0 spiro atoms. The lowest BCUT2D eigenvalue weighted by Gasteiger charge is -2.23. The van der Waals surface area contributed by atoms with Crippen molar-refractivity contribution in [3.05, 3.63) is 35.4 Å². The van der Waals surface area contributed by atoms with Crippen LogP contribution >= 0.6 is 0 Å². The van der Waals surface area contributed by atoms with Gasteiger partial charge in [0.15, 0.2) is 0 Å². The van der Waals surface area contributed by atoms with Crippen molar-refractivity contribution in [1.82, 2.24) is 5.32 Å². The maximum Gasteiger partial charge on any atom is 0.0211 e. The van der Waals surface area contributed by atoms with E-state index in [-0.39, 0.29) is 5.41 Å². The summed E-state index contributed by atoms with van der Waals surface area (Å²) in [5.41, 5.74) is 3.18. The fourth-order valence-corrected chi connectivity index (χ4v) is 1.95. The van der Waals surface area contributed by atoms with Gasteiger partial charge in [0.05, 0.1) is 0 Å². The maximum atomic E-state index is 3.59. The lowest BCUT2D eigenvalue weighted by Crippen LogP contribution is -2.20. The van der Waals surface area contributed by atoms with E-state index >= 15 is 0 Å². The van der Waals surface area contributed by atoms with Crippen molar-refractivity contribution in [2.45, 2.75) is 51.6 Å². The highest BCUT2D eigenvalue weighted by molar-refractivity contribution is 5.32. The van der Waals surface area contributed by atoms with Gasteiger partial charge in [-0.1, -0.05) is 45.0 Å². The van der Waals surface area contributed by atoms with Crippen molar-refractivity contribution in [2.75, 3.05) is 0 Å². The average molecular weight is 203 g/mol. The van der Waals surface area contributed by atoms with Gasteiger partial charge in [-0.15, -0.1) is 0 Å². The van der Waals surface area contributed by atoms with Crippen LogP contribution < -0.4 is 5.32 Å². The molecule has 1 fully saturated rings. The molecule has 0 bridgehead atoms. The second kappa shape index (κ2) is 3.97. The highest BCUT2D eigenvalue weighted by Crippen LogP contribution is 2.26. The van der Waals surface area contributed by atoms with E-state index in [4.69, 9.17) is 0 Å². The molecule has 0 aliphatic heterocycles. The summed E-state index contributed by atoms with van der Waals surface area (Å²) in [5, 5.41) is 3.59. The number of benzene rings is 1. The van der Waals surface area contributed by atoms with Gasteiger partial charge >= 0.3 is 0 Å². The van der Waals surface area contributed by atoms with E-state index in [2.05, 4.69) is 50.4 Å². The Morgan fingerprint density at radius 1 is 1.20 bits per heavy atom. The van der Waals surface area contributed by atoms with Crippen LogP contribution in [-0.2, 0) is 12.0 Å². The third-order valence-corrected chi connectivity index (χ3v) is 2.98. The molecular weight excluding hydrogens is 182 g/mol. The molecule has 1 N–H and O–H groups in total. The van der Waals surface area contributed by atoms with Crippen molar-refractivity contribution in [1.29, 1.82) is 0 Å². The molecule has 0 heterocycles. The van der Waals surface area contributed by atoms with Crippen molar-refractivity contribution in [2.24, 2.45) is 0 Å². The topological polar surface area (TPSA) is 12.0 Å². The molecule has 1 aliphatic rings. The van der Waals surface area contributed by atoms with E-state index < -0.39 is 0 Å². The normalized spacial score (nSPS) is 16.7. The molecule has 15 heavy (non-hydrogen) atoms. The fourth-order valence-electron chi connectivity index (χ4n) is 1.95. The van der Waals surface area contributed by atoms with E-state index in [9.17, 15) is 0 Å². The van der Waals surface area contributed by atoms with Crippen LogP contribution in [0.5, 0.6) is 0 Å². The summed E-state index contributed by atoms with van der Waals surface area (Å²) in [7, 11) is 0. The molecule has 82 valence electrons. The average Bonchev–Trinajstić information content (AvgIpc) is 2.97. The first kappa shape index (κ1) is 10.7. The van der Waals surface area contributed by atoms with Crippen LogP contribution in [0.2, 0.25) is 0 Å². The Kier molecular flexibility index (Phi) is 2.83. The Labute approximate surface area is 92.9 Å².